The molecule has 37 heavy (non-hydrogen) atoms. The predicted molar refractivity (Wildman–Crippen MR) is 125 cm³/mol. The molecule has 3 heterocycles. The lowest BCUT2D eigenvalue weighted by atomic mass is 10.1. The minimum atomic E-state index is -4.56. The molecule has 1 amide bonds. The number of nitrogens with one attached hydrogen (secondary N) is 1. The standard InChI is InChI=1S/C26H17F5N4O2/c1-14-23(25(36)34-21-9-10-32-20-8-7-15(12-16(20)21)26(29,30)31)35-11-3-6-22(24(35)33-14)37-13-17-18(27)4-2-5-19(17)28/h2-12H,13H2,1H3,(H,32,34,36). The number of anilines is 1. The lowest BCUT2D eigenvalue weighted by Crippen LogP contribution is -2.16. The number of benzene rings is 2. The summed E-state index contributed by atoms with van der Waals surface area (Å²) in [7, 11) is 0. The molecule has 1 N–H and O–H groups in total. The number of hydrogen-bond acceptors (Lipinski definition) is 4. The Morgan fingerprint density at radius 3 is 2.54 bits per heavy atom. The van der Waals surface area contributed by atoms with Crippen molar-refractivity contribution in [1.82, 2.24) is 14.4 Å². The van der Waals surface area contributed by atoms with Crippen molar-refractivity contribution < 1.29 is 31.5 Å². The zero-order valence-electron chi connectivity index (χ0n) is 19.1. The molecule has 0 bridgehead atoms. The van der Waals surface area contributed by atoms with Crippen molar-refractivity contribution in [3.63, 3.8) is 0 Å². The summed E-state index contributed by atoms with van der Waals surface area (Å²) in [6.07, 6.45) is -1.64. The highest BCUT2D eigenvalue weighted by Crippen LogP contribution is 2.33. The third-order valence-electron chi connectivity index (χ3n) is 5.75. The van der Waals surface area contributed by atoms with Crippen molar-refractivity contribution in [3.8, 4) is 5.75 Å². The van der Waals surface area contributed by atoms with E-state index in [4.69, 9.17) is 4.74 Å². The molecule has 0 aliphatic heterocycles. The molecule has 6 nitrogen and oxygen atoms in total. The number of fused-ring (bicyclic) bond motifs is 2. The van der Waals surface area contributed by atoms with Crippen LogP contribution in [-0.4, -0.2) is 20.3 Å². The van der Waals surface area contributed by atoms with Crippen molar-refractivity contribution in [2.75, 3.05) is 5.32 Å². The predicted octanol–water partition coefficient (Wildman–Crippen LogP) is 6.32. The van der Waals surface area contributed by atoms with Gasteiger partial charge in [0.2, 0.25) is 0 Å². The van der Waals surface area contributed by atoms with Gasteiger partial charge in [-0.25, -0.2) is 13.8 Å². The number of aromatic nitrogens is 3. The van der Waals surface area contributed by atoms with Crippen LogP contribution in [0.2, 0.25) is 0 Å². The van der Waals surface area contributed by atoms with E-state index in [1.807, 2.05) is 0 Å². The van der Waals surface area contributed by atoms with E-state index in [2.05, 4.69) is 15.3 Å². The number of nitrogens with zero attached hydrogens (tertiary/aromatic N) is 3. The molecule has 5 rings (SSSR count). The van der Waals surface area contributed by atoms with E-state index in [-0.39, 0.29) is 39.2 Å². The summed E-state index contributed by atoms with van der Waals surface area (Å²) in [6.45, 7) is 1.17. The second-order valence-corrected chi connectivity index (χ2v) is 8.14. The molecular formula is C26H17F5N4O2. The Kier molecular flexibility index (Phi) is 5.98. The van der Waals surface area contributed by atoms with Crippen LogP contribution in [0.5, 0.6) is 5.75 Å². The molecule has 0 radical (unpaired) electrons. The van der Waals surface area contributed by atoms with Crippen LogP contribution in [0.25, 0.3) is 16.6 Å². The Labute approximate surface area is 206 Å². The first-order valence-electron chi connectivity index (χ1n) is 10.9. The number of amides is 1. The molecule has 0 spiro atoms. The van der Waals surface area contributed by atoms with E-state index < -0.39 is 35.9 Å². The Hall–Kier alpha value is -4.54. The highest BCUT2D eigenvalue weighted by atomic mass is 19.4. The molecule has 0 saturated carbocycles. The Bertz CT molecular complexity index is 1640. The number of rotatable bonds is 5. The van der Waals surface area contributed by atoms with Crippen LogP contribution in [0.3, 0.4) is 0 Å². The summed E-state index contributed by atoms with van der Waals surface area (Å²) in [5, 5.41) is 2.76. The van der Waals surface area contributed by atoms with Crippen molar-refractivity contribution in [2.45, 2.75) is 19.7 Å². The lowest BCUT2D eigenvalue weighted by molar-refractivity contribution is -0.137. The van der Waals surface area contributed by atoms with Crippen LogP contribution >= 0.6 is 0 Å². The Morgan fingerprint density at radius 1 is 1.05 bits per heavy atom. The Balaban J connectivity index is 1.48. The summed E-state index contributed by atoms with van der Waals surface area (Å²) in [5.74, 6) is -1.97. The molecule has 0 saturated heterocycles. The number of carbonyl (C=O) groups is 1. The second kappa shape index (κ2) is 9.16. The molecule has 0 aliphatic rings. The molecular weight excluding hydrogens is 495 g/mol. The molecule has 0 atom stereocenters. The zero-order valence-corrected chi connectivity index (χ0v) is 19.1. The number of pyridine rings is 2. The topological polar surface area (TPSA) is 68.5 Å². The number of ether oxygens (including phenoxy) is 1. The molecule has 3 aromatic heterocycles. The minimum Gasteiger partial charge on any atom is -0.485 e. The third kappa shape index (κ3) is 4.55. The summed E-state index contributed by atoms with van der Waals surface area (Å²) >= 11 is 0. The quantitative estimate of drug-likeness (QED) is 0.280. The number of aryl methyl sites for hydroxylation is 1. The van der Waals surface area contributed by atoms with Gasteiger partial charge in [0, 0.05) is 17.8 Å². The van der Waals surface area contributed by atoms with Crippen LogP contribution in [0.4, 0.5) is 27.6 Å². The third-order valence-corrected chi connectivity index (χ3v) is 5.75. The highest BCUT2D eigenvalue weighted by molar-refractivity contribution is 6.08. The van der Waals surface area contributed by atoms with Crippen molar-refractivity contribution in [3.05, 3.63) is 101 Å². The summed E-state index contributed by atoms with van der Waals surface area (Å²) in [6, 6.07) is 11.1. The van der Waals surface area contributed by atoms with Gasteiger partial charge in [-0.1, -0.05) is 6.07 Å². The maximum atomic E-state index is 14.0. The van der Waals surface area contributed by atoms with E-state index in [9.17, 15) is 26.7 Å². The fraction of sp³-hybridized carbons (Fsp3) is 0.115. The molecule has 11 heteroatoms. The van der Waals surface area contributed by atoms with Crippen molar-refractivity contribution in [1.29, 1.82) is 0 Å². The van der Waals surface area contributed by atoms with Crippen LogP contribution in [0.1, 0.15) is 27.3 Å². The van der Waals surface area contributed by atoms with E-state index in [0.717, 1.165) is 24.3 Å². The van der Waals surface area contributed by atoms with E-state index in [1.165, 1.54) is 34.9 Å². The maximum absolute atomic E-state index is 14.0. The normalized spacial score (nSPS) is 11.7. The number of carbonyl (C=O) groups excluding carboxylic acids is 1. The van der Waals surface area contributed by atoms with Crippen LogP contribution in [0, 0.1) is 18.6 Å². The average molecular weight is 512 g/mol. The largest absolute Gasteiger partial charge is 0.485 e. The van der Waals surface area contributed by atoms with Gasteiger partial charge in [-0.05, 0) is 55.5 Å². The number of alkyl halides is 3. The zero-order chi connectivity index (χ0) is 26.3. The molecule has 0 unspecified atom stereocenters. The summed E-state index contributed by atoms with van der Waals surface area (Å²) in [5.41, 5.74) is -0.0824. The fourth-order valence-corrected chi connectivity index (χ4v) is 3.98. The van der Waals surface area contributed by atoms with Gasteiger partial charge in [0.15, 0.2) is 11.4 Å². The molecule has 5 aromatic rings. The first-order valence-corrected chi connectivity index (χ1v) is 10.9. The molecule has 0 fully saturated rings. The van der Waals surface area contributed by atoms with Crippen molar-refractivity contribution >= 4 is 28.1 Å². The lowest BCUT2D eigenvalue weighted by Gasteiger charge is -2.12. The van der Waals surface area contributed by atoms with Crippen LogP contribution < -0.4 is 10.1 Å². The molecule has 2 aromatic carbocycles. The van der Waals surface area contributed by atoms with E-state index >= 15 is 0 Å². The molecule has 188 valence electrons. The number of halogens is 5. The summed E-state index contributed by atoms with van der Waals surface area (Å²) in [4.78, 5) is 21.7. The van der Waals surface area contributed by atoms with Gasteiger partial charge in [-0.15, -0.1) is 0 Å². The highest BCUT2D eigenvalue weighted by Gasteiger charge is 2.31. The van der Waals surface area contributed by atoms with Crippen molar-refractivity contribution in [2.24, 2.45) is 0 Å². The smallest absolute Gasteiger partial charge is 0.416 e. The fourth-order valence-electron chi connectivity index (χ4n) is 3.98. The van der Waals surface area contributed by atoms with Gasteiger partial charge < -0.3 is 10.1 Å². The monoisotopic (exact) mass is 512 g/mol. The van der Waals surface area contributed by atoms with Gasteiger partial charge in [0.05, 0.1) is 28.0 Å². The minimum absolute atomic E-state index is 0.106. The van der Waals surface area contributed by atoms with Gasteiger partial charge in [0.1, 0.15) is 23.9 Å². The molecule has 0 aliphatic carbocycles. The first-order chi connectivity index (χ1) is 17.6. The van der Waals surface area contributed by atoms with Gasteiger partial charge in [-0.2, -0.15) is 13.2 Å². The SMILES string of the molecule is Cc1nc2c(OCc3c(F)cccc3F)cccn2c1C(=O)Nc1ccnc2ccc(C(F)(F)F)cc12. The van der Waals surface area contributed by atoms with Crippen LogP contribution in [0.15, 0.2) is 67.0 Å². The second-order valence-electron chi connectivity index (χ2n) is 8.14. The van der Waals surface area contributed by atoms with E-state index in [1.54, 1.807) is 19.2 Å². The summed E-state index contributed by atoms with van der Waals surface area (Å²) < 4.78 is 74.8. The van der Waals surface area contributed by atoms with Gasteiger partial charge in [0.25, 0.3) is 5.91 Å². The van der Waals surface area contributed by atoms with Gasteiger partial charge >= 0.3 is 6.18 Å². The van der Waals surface area contributed by atoms with Crippen LogP contribution in [-0.2, 0) is 12.8 Å². The van der Waals surface area contributed by atoms with Gasteiger partial charge in [-0.3, -0.25) is 14.2 Å². The Morgan fingerprint density at radius 2 is 1.81 bits per heavy atom. The number of imidazole rings is 1. The van der Waals surface area contributed by atoms with E-state index in [0.29, 0.717) is 5.69 Å². The first kappa shape index (κ1) is 24.2. The maximum Gasteiger partial charge on any atom is 0.416 e. The average Bonchev–Trinajstić information content (AvgIpc) is 3.19. The number of hydrogen-bond donors (Lipinski definition) is 1.